The highest BCUT2D eigenvalue weighted by atomic mass is 16.3. The molecule has 0 aliphatic carbocycles. The summed E-state index contributed by atoms with van der Waals surface area (Å²) in [5.74, 6) is 0.908. The van der Waals surface area contributed by atoms with Gasteiger partial charge in [-0.25, -0.2) is 9.97 Å². The number of oxazole rings is 1. The smallest absolute Gasteiger partial charge is 0.278 e. The van der Waals surface area contributed by atoms with Crippen molar-refractivity contribution in [3.05, 3.63) is 60.7 Å². The summed E-state index contributed by atoms with van der Waals surface area (Å²) < 4.78 is 6.91. The van der Waals surface area contributed by atoms with Gasteiger partial charge in [0.2, 0.25) is 0 Å². The first-order chi connectivity index (χ1) is 16.3. The molecular formula is C23H21B3N6O2. The minimum atomic E-state index is -1.58. The van der Waals surface area contributed by atoms with E-state index in [4.69, 9.17) is 28.0 Å². The molecule has 1 N–H and O–H groups in total. The highest BCUT2D eigenvalue weighted by Gasteiger charge is 2.24. The summed E-state index contributed by atoms with van der Waals surface area (Å²) in [6.45, 7) is 1.98. The van der Waals surface area contributed by atoms with Crippen molar-refractivity contribution in [3.8, 4) is 11.1 Å². The van der Waals surface area contributed by atoms with E-state index in [1.807, 2.05) is 18.2 Å². The number of amides is 1. The van der Waals surface area contributed by atoms with Crippen LogP contribution in [-0.2, 0) is 5.24 Å². The van der Waals surface area contributed by atoms with Crippen LogP contribution in [0, 0.1) is 0 Å². The number of hydrogen-bond acceptors (Lipinski definition) is 6. The van der Waals surface area contributed by atoms with Crippen molar-refractivity contribution in [2.45, 2.75) is 24.0 Å². The summed E-state index contributed by atoms with van der Waals surface area (Å²) in [5, 5.41) is 7.17. The van der Waals surface area contributed by atoms with Crippen LogP contribution in [0.1, 0.15) is 35.1 Å². The van der Waals surface area contributed by atoms with E-state index in [1.165, 1.54) is 10.9 Å². The average molecular weight is 446 g/mol. The molecule has 34 heavy (non-hydrogen) atoms. The van der Waals surface area contributed by atoms with Gasteiger partial charge in [-0.3, -0.25) is 9.48 Å². The number of carbonyl (C=O) groups is 1. The molecule has 0 bridgehead atoms. The number of rotatable bonds is 5. The topological polar surface area (TPSA) is 89.1 Å². The minimum Gasteiger partial charge on any atom is -0.448 e. The molecule has 164 valence electrons. The van der Waals surface area contributed by atoms with Crippen molar-refractivity contribution < 1.29 is 9.21 Å². The Kier molecular flexibility index (Phi) is 5.81. The van der Waals surface area contributed by atoms with E-state index >= 15 is 0 Å². The van der Waals surface area contributed by atoms with Crippen molar-refractivity contribution in [2.24, 2.45) is 0 Å². The number of nitrogens with one attached hydrogen (secondary N) is 1. The van der Waals surface area contributed by atoms with E-state index in [2.05, 4.69) is 32.3 Å². The lowest BCUT2D eigenvalue weighted by Gasteiger charge is -2.26. The molecule has 0 spiro atoms. The Morgan fingerprint density at radius 2 is 1.91 bits per heavy atom. The third-order valence-corrected chi connectivity index (χ3v) is 6.10. The maximum absolute atomic E-state index is 12.8. The minimum absolute atomic E-state index is 0.238. The van der Waals surface area contributed by atoms with Crippen LogP contribution in [0.3, 0.4) is 0 Å². The second-order valence-corrected chi connectivity index (χ2v) is 8.80. The third kappa shape index (κ3) is 4.66. The van der Waals surface area contributed by atoms with Crippen LogP contribution >= 0.6 is 0 Å². The van der Waals surface area contributed by atoms with Crippen molar-refractivity contribution in [3.63, 3.8) is 0 Å². The van der Waals surface area contributed by atoms with Gasteiger partial charge in [-0.05, 0) is 61.3 Å². The summed E-state index contributed by atoms with van der Waals surface area (Å²) in [5.41, 5.74) is 1.94. The molecule has 11 heteroatoms. The zero-order valence-corrected chi connectivity index (χ0v) is 18.8. The summed E-state index contributed by atoms with van der Waals surface area (Å²) in [6.07, 6.45) is 8.36. The molecule has 3 aromatic heterocycles. The second kappa shape index (κ2) is 8.79. The van der Waals surface area contributed by atoms with E-state index in [0.29, 0.717) is 11.7 Å². The van der Waals surface area contributed by atoms with Gasteiger partial charge in [0.25, 0.3) is 5.91 Å². The standard InChI is InChI=1S/C23H21B3N6O2/c1-31-6-4-14(5-7-31)22-29-19(13-34-22)21(33)30-20-9-17-8-15(2-3-16(17)10-27-20)18-11-28-32(12-18)23(24,25)26/h2-3,8-14H,4-7H2,1H3,(H,27,30,33). The fraction of sp³-hybridized carbons (Fsp3) is 0.304. The molecule has 1 fully saturated rings. The van der Waals surface area contributed by atoms with Gasteiger partial charge in [0.05, 0.1) is 29.7 Å². The van der Waals surface area contributed by atoms with Gasteiger partial charge < -0.3 is 14.6 Å². The van der Waals surface area contributed by atoms with Gasteiger partial charge in [-0.1, -0.05) is 12.1 Å². The number of benzene rings is 1. The van der Waals surface area contributed by atoms with Gasteiger partial charge in [-0.15, -0.1) is 0 Å². The van der Waals surface area contributed by atoms with E-state index < -0.39 is 5.24 Å². The lowest BCUT2D eigenvalue weighted by molar-refractivity contribution is 0.102. The average Bonchev–Trinajstić information content (AvgIpc) is 3.49. The van der Waals surface area contributed by atoms with Gasteiger partial charge in [0.1, 0.15) is 12.1 Å². The lowest BCUT2D eigenvalue weighted by atomic mass is 9.49. The molecule has 1 aliphatic rings. The normalized spacial score (nSPS) is 15.6. The van der Waals surface area contributed by atoms with E-state index in [0.717, 1.165) is 47.8 Å². The van der Waals surface area contributed by atoms with Crippen molar-refractivity contribution in [1.82, 2.24) is 24.6 Å². The largest absolute Gasteiger partial charge is 0.448 e. The molecule has 0 saturated carbocycles. The molecule has 1 aliphatic heterocycles. The quantitative estimate of drug-likeness (QED) is 0.474. The summed E-state index contributed by atoms with van der Waals surface area (Å²) in [7, 11) is 19.2. The first-order valence-corrected chi connectivity index (χ1v) is 11.0. The summed E-state index contributed by atoms with van der Waals surface area (Å²) >= 11 is 0. The Bertz CT molecular complexity index is 1340. The van der Waals surface area contributed by atoms with Gasteiger partial charge >= 0.3 is 0 Å². The SMILES string of the molecule is [B]C([B])([B])n1cc(-c2ccc3cnc(NC(=O)c4coc(C5CCN(C)CC5)n4)cc3c2)cn1. The Hall–Kier alpha value is -3.33. The molecular weight excluding hydrogens is 425 g/mol. The fourth-order valence-electron chi connectivity index (χ4n) is 4.09. The number of pyridine rings is 1. The predicted octanol–water partition coefficient (Wildman–Crippen LogP) is 2.22. The molecule has 1 saturated heterocycles. The molecule has 1 aromatic carbocycles. The summed E-state index contributed by atoms with van der Waals surface area (Å²) in [6, 6.07) is 7.65. The number of carbonyl (C=O) groups excluding carboxylic acids is 1. The van der Waals surface area contributed by atoms with Crippen LogP contribution in [0.15, 0.2) is 53.5 Å². The lowest BCUT2D eigenvalue weighted by Crippen LogP contribution is -2.35. The number of likely N-dealkylation sites (tertiary alicyclic amines) is 1. The highest BCUT2D eigenvalue weighted by Crippen LogP contribution is 2.28. The Balaban J connectivity index is 1.33. The second-order valence-electron chi connectivity index (χ2n) is 8.80. The Morgan fingerprint density at radius 1 is 1.12 bits per heavy atom. The van der Waals surface area contributed by atoms with Crippen LogP contribution in [-0.4, -0.2) is 74.2 Å². The van der Waals surface area contributed by atoms with E-state index in [9.17, 15) is 4.79 Å². The maximum atomic E-state index is 12.8. The van der Waals surface area contributed by atoms with Gasteiger partial charge in [0.15, 0.2) is 11.6 Å². The zero-order chi connectivity index (χ0) is 23.9. The molecule has 0 atom stereocenters. The first kappa shape index (κ1) is 22.5. The third-order valence-electron chi connectivity index (χ3n) is 6.10. The zero-order valence-electron chi connectivity index (χ0n) is 18.8. The number of hydrogen-bond donors (Lipinski definition) is 1. The van der Waals surface area contributed by atoms with Crippen LogP contribution < -0.4 is 5.32 Å². The molecule has 8 nitrogen and oxygen atoms in total. The summed E-state index contributed by atoms with van der Waals surface area (Å²) in [4.78, 5) is 23.8. The van der Waals surface area contributed by atoms with Gasteiger partial charge in [0, 0.05) is 29.3 Å². The number of nitrogens with zero attached hydrogens (tertiary/aromatic N) is 5. The molecule has 4 aromatic rings. The molecule has 6 radical (unpaired) electrons. The van der Waals surface area contributed by atoms with Crippen LogP contribution in [0.2, 0.25) is 0 Å². The van der Waals surface area contributed by atoms with Gasteiger partial charge in [-0.2, -0.15) is 5.10 Å². The maximum Gasteiger partial charge on any atom is 0.278 e. The van der Waals surface area contributed by atoms with Crippen molar-refractivity contribution in [1.29, 1.82) is 0 Å². The van der Waals surface area contributed by atoms with Crippen LogP contribution in [0.5, 0.6) is 0 Å². The predicted molar refractivity (Wildman–Crippen MR) is 132 cm³/mol. The first-order valence-electron chi connectivity index (χ1n) is 11.0. The number of piperidine rings is 1. The molecule has 5 rings (SSSR count). The Morgan fingerprint density at radius 3 is 2.65 bits per heavy atom. The molecule has 0 unspecified atom stereocenters. The number of fused-ring (bicyclic) bond motifs is 1. The van der Waals surface area contributed by atoms with Crippen LogP contribution in [0.4, 0.5) is 5.82 Å². The number of aromatic nitrogens is 4. The van der Waals surface area contributed by atoms with Crippen molar-refractivity contribution in [2.75, 3.05) is 25.5 Å². The van der Waals surface area contributed by atoms with Crippen molar-refractivity contribution >= 4 is 46.0 Å². The molecule has 1 amide bonds. The monoisotopic (exact) mass is 446 g/mol. The van der Waals surface area contributed by atoms with E-state index in [1.54, 1.807) is 24.7 Å². The number of anilines is 1. The Labute approximate surface area is 201 Å². The fourth-order valence-corrected chi connectivity index (χ4v) is 4.09. The van der Waals surface area contributed by atoms with E-state index in [-0.39, 0.29) is 17.5 Å². The van der Waals surface area contributed by atoms with Crippen LogP contribution in [0.25, 0.3) is 21.9 Å². The molecule has 4 heterocycles. The highest BCUT2D eigenvalue weighted by molar-refractivity contribution is 6.56.